The van der Waals surface area contributed by atoms with Gasteiger partial charge in [0.2, 0.25) is 5.91 Å². The molecule has 3 nitrogen and oxygen atoms in total. The van der Waals surface area contributed by atoms with Crippen LogP contribution in [0.4, 0.5) is 0 Å². The normalized spacial score (nSPS) is 11.4. The molecule has 0 rings (SSSR count). The lowest BCUT2D eigenvalue weighted by molar-refractivity contribution is -0.133. The summed E-state index contributed by atoms with van der Waals surface area (Å²) in [6.07, 6.45) is 0. The zero-order valence-electron chi connectivity index (χ0n) is 7.85. The molecule has 0 unspecified atom stereocenters. The third-order valence-corrected chi connectivity index (χ3v) is 1.93. The summed E-state index contributed by atoms with van der Waals surface area (Å²) in [5.41, 5.74) is 5.32. The predicted octanol–water partition coefficient (Wildman–Crippen LogP) is 0.592. The molecule has 0 aromatic rings. The van der Waals surface area contributed by atoms with Crippen molar-refractivity contribution >= 4 is 5.91 Å². The minimum Gasteiger partial charge on any atom is -0.337 e. The van der Waals surface area contributed by atoms with Crippen LogP contribution in [0.2, 0.25) is 0 Å². The Bertz CT molecular complexity index is 143. The Morgan fingerprint density at radius 2 is 2.00 bits per heavy atom. The molecule has 0 fully saturated rings. The summed E-state index contributed by atoms with van der Waals surface area (Å²) in [6.45, 7) is 8.69. The highest BCUT2D eigenvalue weighted by molar-refractivity contribution is 5.74. The van der Waals surface area contributed by atoms with E-state index in [1.54, 1.807) is 11.8 Å². The molecule has 0 aliphatic rings. The van der Waals surface area contributed by atoms with Gasteiger partial charge in [-0.2, -0.15) is 0 Å². The Kier molecular flexibility index (Phi) is 3.52. The van der Waals surface area contributed by atoms with Crippen LogP contribution in [0.25, 0.3) is 0 Å². The summed E-state index contributed by atoms with van der Waals surface area (Å²) < 4.78 is 0. The summed E-state index contributed by atoms with van der Waals surface area (Å²) in [6, 6.07) is 0. The zero-order valence-corrected chi connectivity index (χ0v) is 7.85. The van der Waals surface area contributed by atoms with Gasteiger partial charge in [-0.1, -0.05) is 0 Å². The molecule has 0 saturated heterocycles. The van der Waals surface area contributed by atoms with E-state index >= 15 is 0 Å². The fraction of sp³-hybridized carbons (Fsp3) is 0.875. The van der Waals surface area contributed by atoms with E-state index in [2.05, 4.69) is 0 Å². The van der Waals surface area contributed by atoms with Gasteiger partial charge in [0, 0.05) is 25.6 Å². The van der Waals surface area contributed by atoms with E-state index < -0.39 is 0 Å². The van der Waals surface area contributed by atoms with Crippen molar-refractivity contribution in [1.29, 1.82) is 0 Å². The monoisotopic (exact) mass is 158 g/mol. The van der Waals surface area contributed by atoms with Crippen LogP contribution in [-0.4, -0.2) is 29.4 Å². The number of amides is 1. The quantitative estimate of drug-likeness (QED) is 0.653. The standard InChI is InChI=1S/C8H18N2O/c1-5-10(7(2)11)8(3,4)6-9/h5-6,9H2,1-4H3. The van der Waals surface area contributed by atoms with Crippen LogP contribution in [0.3, 0.4) is 0 Å². The molecular weight excluding hydrogens is 140 g/mol. The number of hydrogen-bond acceptors (Lipinski definition) is 2. The Labute approximate surface area is 68.6 Å². The number of nitrogens with two attached hydrogens (primary N) is 1. The maximum Gasteiger partial charge on any atom is 0.219 e. The van der Waals surface area contributed by atoms with Gasteiger partial charge in [0.15, 0.2) is 0 Å². The van der Waals surface area contributed by atoms with Crippen molar-refractivity contribution in [2.24, 2.45) is 5.73 Å². The van der Waals surface area contributed by atoms with Gasteiger partial charge >= 0.3 is 0 Å². The minimum atomic E-state index is -0.208. The summed E-state index contributed by atoms with van der Waals surface area (Å²) >= 11 is 0. The maximum absolute atomic E-state index is 11.1. The Morgan fingerprint density at radius 3 is 2.09 bits per heavy atom. The molecule has 66 valence electrons. The van der Waals surface area contributed by atoms with Crippen LogP contribution >= 0.6 is 0 Å². The second kappa shape index (κ2) is 3.72. The predicted molar refractivity (Wildman–Crippen MR) is 46.2 cm³/mol. The van der Waals surface area contributed by atoms with E-state index in [1.807, 2.05) is 20.8 Å². The molecule has 3 heteroatoms. The largest absolute Gasteiger partial charge is 0.337 e. The molecule has 0 aliphatic carbocycles. The van der Waals surface area contributed by atoms with Crippen LogP contribution < -0.4 is 5.73 Å². The van der Waals surface area contributed by atoms with Crippen molar-refractivity contribution in [3.63, 3.8) is 0 Å². The lowest BCUT2D eigenvalue weighted by atomic mass is 10.0. The first-order valence-corrected chi connectivity index (χ1v) is 3.94. The number of rotatable bonds is 3. The Morgan fingerprint density at radius 1 is 1.55 bits per heavy atom. The molecule has 11 heavy (non-hydrogen) atoms. The molecule has 0 aliphatic heterocycles. The van der Waals surface area contributed by atoms with E-state index in [0.717, 1.165) is 6.54 Å². The van der Waals surface area contributed by atoms with Gasteiger partial charge in [0.1, 0.15) is 0 Å². The average Bonchev–Trinajstić information content (AvgIpc) is 1.88. The third-order valence-electron chi connectivity index (χ3n) is 1.93. The minimum absolute atomic E-state index is 0.0861. The number of carbonyl (C=O) groups excluding carboxylic acids is 1. The Hall–Kier alpha value is -0.570. The highest BCUT2D eigenvalue weighted by atomic mass is 16.2. The first-order chi connectivity index (χ1) is 4.95. The SMILES string of the molecule is CCN(C(C)=O)C(C)(C)CN. The summed E-state index contributed by atoms with van der Waals surface area (Å²) in [5.74, 6) is 0.0861. The fourth-order valence-corrected chi connectivity index (χ4v) is 1.19. The fourth-order valence-electron chi connectivity index (χ4n) is 1.19. The highest BCUT2D eigenvalue weighted by Crippen LogP contribution is 2.11. The van der Waals surface area contributed by atoms with E-state index in [-0.39, 0.29) is 11.4 Å². The summed E-state index contributed by atoms with van der Waals surface area (Å²) in [4.78, 5) is 12.8. The highest BCUT2D eigenvalue weighted by Gasteiger charge is 2.25. The maximum atomic E-state index is 11.1. The lowest BCUT2D eigenvalue weighted by Gasteiger charge is -2.36. The lowest BCUT2D eigenvalue weighted by Crippen LogP contribution is -2.51. The second-order valence-electron chi connectivity index (χ2n) is 3.28. The van der Waals surface area contributed by atoms with Crippen LogP contribution in [0.5, 0.6) is 0 Å². The van der Waals surface area contributed by atoms with Crippen molar-refractivity contribution in [3.05, 3.63) is 0 Å². The number of carbonyl (C=O) groups is 1. The molecule has 0 radical (unpaired) electrons. The molecule has 2 N–H and O–H groups in total. The molecule has 0 aromatic carbocycles. The number of likely N-dealkylation sites (N-methyl/N-ethyl adjacent to an activating group) is 1. The topological polar surface area (TPSA) is 46.3 Å². The molecule has 0 saturated carbocycles. The molecule has 0 aromatic heterocycles. The van der Waals surface area contributed by atoms with Crippen LogP contribution in [-0.2, 0) is 4.79 Å². The van der Waals surface area contributed by atoms with Gasteiger partial charge in [-0.25, -0.2) is 0 Å². The van der Waals surface area contributed by atoms with Crippen molar-refractivity contribution in [2.75, 3.05) is 13.1 Å². The molecule has 0 spiro atoms. The molecule has 0 heterocycles. The Balaban J connectivity index is 4.36. The molecule has 1 amide bonds. The van der Waals surface area contributed by atoms with Crippen LogP contribution in [0, 0.1) is 0 Å². The van der Waals surface area contributed by atoms with Crippen molar-refractivity contribution < 1.29 is 4.79 Å². The van der Waals surface area contributed by atoms with E-state index in [4.69, 9.17) is 5.73 Å². The molecule has 0 atom stereocenters. The van der Waals surface area contributed by atoms with Gasteiger partial charge in [-0.05, 0) is 20.8 Å². The first kappa shape index (κ1) is 10.4. The number of nitrogens with zero attached hydrogens (tertiary/aromatic N) is 1. The van der Waals surface area contributed by atoms with Gasteiger partial charge < -0.3 is 10.6 Å². The van der Waals surface area contributed by atoms with E-state index in [0.29, 0.717) is 6.54 Å². The number of hydrogen-bond donors (Lipinski definition) is 1. The van der Waals surface area contributed by atoms with E-state index in [9.17, 15) is 4.79 Å². The smallest absolute Gasteiger partial charge is 0.219 e. The second-order valence-corrected chi connectivity index (χ2v) is 3.28. The van der Waals surface area contributed by atoms with Crippen LogP contribution in [0.15, 0.2) is 0 Å². The van der Waals surface area contributed by atoms with Crippen molar-refractivity contribution in [3.8, 4) is 0 Å². The zero-order chi connectivity index (χ0) is 9.07. The average molecular weight is 158 g/mol. The van der Waals surface area contributed by atoms with Crippen LogP contribution in [0.1, 0.15) is 27.7 Å². The van der Waals surface area contributed by atoms with Gasteiger partial charge in [-0.15, -0.1) is 0 Å². The van der Waals surface area contributed by atoms with Gasteiger partial charge in [0.25, 0.3) is 0 Å². The van der Waals surface area contributed by atoms with Gasteiger partial charge in [-0.3, -0.25) is 4.79 Å². The first-order valence-electron chi connectivity index (χ1n) is 3.94. The van der Waals surface area contributed by atoms with Crippen molar-refractivity contribution in [1.82, 2.24) is 4.90 Å². The van der Waals surface area contributed by atoms with Crippen molar-refractivity contribution in [2.45, 2.75) is 33.2 Å². The van der Waals surface area contributed by atoms with Gasteiger partial charge in [0.05, 0.1) is 0 Å². The third kappa shape index (κ3) is 2.50. The summed E-state index contributed by atoms with van der Waals surface area (Å²) in [5, 5.41) is 0. The molecular formula is C8H18N2O. The van der Waals surface area contributed by atoms with E-state index in [1.165, 1.54) is 0 Å². The summed E-state index contributed by atoms with van der Waals surface area (Å²) in [7, 11) is 0. The molecule has 0 bridgehead atoms.